The van der Waals surface area contributed by atoms with Crippen LogP contribution in [0.25, 0.3) is 11.6 Å². The molecule has 0 saturated heterocycles. The highest BCUT2D eigenvalue weighted by Crippen LogP contribution is 2.39. The summed E-state index contributed by atoms with van der Waals surface area (Å²) in [5, 5.41) is 0. The minimum absolute atomic E-state index is 0.938. The average Bonchev–Trinajstić information content (AvgIpc) is 2.63. The number of para-hydroxylation sites is 2. The molecule has 3 rings (SSSR count). The fourth-order valence-corrected chi connectivity index (χ4v) is 2.69. The first-order valence-corrected chi connectivity index (χ1v) is 7.45. The minimum Gasteiger partial charge on any atom is -0.456 e. The largest absolute Gasteiger partial charge is 0.456 e. The first-order chi connectivity index (χ1) is 10.2. The molecule has 2 heteroatoms. The maximum Gasteiger partial charge on any atom is 0.134 e. The lowest BCUT2D eigenvalue weighted by Crippen LogP contribution is -2.12. The molecule has 2 aromatic rings. The van der Waals surface area contributed by atoms with Crippen molar-refractivity contribution in [1.82, 2.24) is 4.90 Å². The van der Waals surface area contributed by atoms with Crippen LogP contribution in [-0.4, -0.2) is 25.5 Å². The Labute approximate surface area is 126 Å². The molecular weight excluding hydrogens is 258 g/mol. The van der Waals surface area contributed by atoms with E-state index in [-0.39, 0.29) is 0 Å². The Morgan fingerprint density at radius 2 is 1.62 bits per heavy atom. The van der Waals surface area contributed by atoms with Crippen LogP contribution in [0.2, 0.25) is 0 Å². The van der Waals surface area contributed by atoms with Gasteiger partial charge in [-0.3, -0.25) is 0 Å². The highest BCUT2D eigenvalue weighted by Gasteiger charge is 2.15. The van der Waals surface area contributed by atoms with Crippen molar-refractivity contribution in [3.8, 4) is 11.5 Å². The molecule has 0 bridgehead atoms. The third-order valence-corrected chi connectivity index (χ3v) is 3.75. The van der Waals surface area contributed by atoms with Gasteiger partial charge in [-0.25, -0.2) is 0 Å². The summed E-state index contributed by atoms with van der Waals surface area (Å²) in [7, 11) is 4.24. The zero-order chi connectivity index (χ0) is 14.7. The summed E-state index contributed by atoms with van der Waals surface area (Å²) in [5.74, 6) is 1.89. The second kappa shape index (κ2) is 6.15. The second-order valence-electron chi connectivity index (χ2n) is 5.71. The lowest BCUT2D eigenvalue weighted by molar-refractivity contribution is 0.403. The van der Waals surface area contributed by atoms with Crippen LogP contribution in [0.3, 0.4) is 0 Å². The number of rotatable bonds is 4. The van der Waals surface area contributed by atoms with E-state index < -0.39 is 0 Å². The Balaban J connectivity index is 1.96. The van der Waals surface area contributed by atoms with E-state index in [9.17, 15) is 0 Å². The summed E-state index contributed by atoms with van der Waals surface area (Å²) in [6.07, 6.45) is 4.49. The van der Waals surface area contributed by atoms with Crippen molar-refractivity contribution in [2.75, 3.05) is 20.6 Å². The first-order valence-electron chi connectivity index (χ1n) is 7.45. The molecule has 1 aliphatic heterocycles. The highest BCUT2D eigenvalue weighted by molar-refractivity contribution is 5.87. The average molecular weight is 279 g/mol. The van der Waals surface area contributed by atoms with Gasteiger partial charge in [0.15, 0.2) is 0 Å². The van der Waals surface area contributed by atoms with Crippen LogP contribution in [0.4, 0.5) is 0 Å². The number of benzene rings is 2. The first kappa shape index (κ1) is 13.9. The van der Waals surface area contributed by atoms with Gasteiger partial charge in [0.2, 0.25) is 0 Å². The van der Waals surface area contributed by atoms with Crippen LogP contribution in [0.1, 0.15) is 24.0 Å². The zero-order valence-corrected chi connectivity index (χ0v) is 12.7. The molecule has 2 aromatic carbocycles. The summed E-state index contributed by atoms with van der Waals surface area (Å²) in [6, 6.07) is 16.6. The Morgan fingerprint density at radius 1 is 0.905 bits per heavy atom. The molecule has 2 nitrogen and oxygen atoms in total. The summed E-state index contributed by atoms with van der Waals surface area (Å²) < 4.78 is 6.10. The van der Waals surface area contributed by atoms with Crippen molar-refractivity contribution >= 4 is 11.6 Å². The van der Waals surface area contributed by atoms with Crippen molar-refractivity contribution < 1.29 is 4.74 Å². The summed E-state index contributed by atoms with van der Waals surface area (Å²) in [6.45, 7) is 1.10. The van der Waals surface area contributed by atoms with E-state index in [2.05, 4.69) is 55.4 Å². The number of allylic oxidation sites excluding steroid dienone is 1. The summed E-state index contributed by atoms with van der Waals surface area (Å²) in [5.41, 5.74) is 3.73. The standard InChI is InChI=1S/C19H21NO/c1-20(2)13-7-9-15-14-16-8-3-5-11-18(16)21-19-12-6-4-10-17(15)19/h3-6,8,10-12,14H,7,9,13H2,1-2H3. The summed E-state index contributed by atoms with van der Waals surface area (Å²) in [4.78, 5) is 2.23. The summed E-state index contributed by atoms with van der Waals surface area (Å²) >= 11 is 0. The topological polar surface area (TPSA) is 12.5 Å². The molecule has 0 unspecified atom stereocenters. The predicted molar refractivity (Wildman–Crippen MR) is 88.6 cm³/mol. The van der Waals surface area contributed by atoms with E-state index in [1.807, 2.05) is 18.2 Å². The van der Waals surface area contributed by atoms with E-state index in [4.69, 9.17) is 4.74 Å². The van der Waals surface area contributed by atoms with Crippen molar-refractivity contribution in [3.63, 3.8) is 0 Å². The van der Waals surface area contributed by atoms with Crippen molar-refractivity contribution in [1.29, 1.82) is 0 Å². The van der Waals surface area contributed by atoms with Crippen LogP contribution in [0.15, 0.2) is 48.5 Å². The van der Waals surface area contributed by atoms with Gasteiger partial charge < -0.3 is 9.64 Å². The molecule has 0 radical (unpaired) electrons. The van der Waals surface area contributed by atoms with E-state index in [0.717, 1.165) is 36.4 Å². The van der Waals surface area contributed by atoms with Crippen molar-refractivity contribution in [2.45, 2.75) is 12.8 Å². The molecule has 0 saturated carbocycles. The lowest BCUT2D eigenvalue weighted by Gasteiger charge is -2.12. The highest BCUT2D eigenvalue weighted by atomic mass is 16.5. The molecule has 0 N–H and O–H groups in total. The van der Waals surface area contributed by atoms with Gasteiger partial charge in [0.1, 0.15) is 11.5 Å². The molecule has 0 spiro atoms. The van der Waals surface area contributed by atoms with Crippen molar-refractivity contribution in [3.05, 3.63) is 59.7 Å². The molecule has 0 aromatic heterocycles. The third kappa shape index (κ3) is 3.17. The second-order valence-corrected chi connectivity index (χ2v) is 5.71. The van der Waals surface area contributed by atoms with Gasteiger partial charge in [-0.05, 0) is 57.3 Å². The van der Waals surface area contributed by atoms with Crippen LogP contribution in [0, 0.1) is 0 Å². The fourth-order valence-electron chi connectivity index (χ4n) is 2.69. The number of hydrogen-bond acceptors (Lipinski definition) is 2. The Kier molecular flexibility index (Phi) is 4.07. The molecule has 108 valence electrons. The lowest BCUT2D eigenvalue weighted by atomic mass is 9.98. The normalized spacial score (nSPS) is 13.0. The Bertz CT molecular complexity index is 658. The van der Waals surface area contributed by atoms with Gasteiger partial charge in [-0.15, -0.1) is 0 Å². The van der Waals surface area contributed by atoms with Gasteiger partial charge >= 0.3 is 0 Å². The predicted octanol–water partition coefficient (Wildman–Crippen LogP) is 4.67. The SMILES string of the molecule is CN(C)CCCC1=Cc2ccccc2Oc2ccccc21. The van der Waals surface area contributed by atoms with Gasteiger partial charge in [0, 0.05) is 11.1 Å². The molecule has 0 atom stereocenters. The van der Waals surface area contributed by atoms with E-state index in [1.54, 1.807) is 0 Å². The Hall–Kier alpha value is -2.06. The van der Waals surface area contributed by atoms with Crippen molar-refractivity contribution in [2.24, 2.45) is 0 Å². The Morgan fingerprint density at radius 3 is 2.43 bits per heavy atom. The van der Waals surface area contributed by atoms with Crippen LogP contribution >= 0.6 is 0 Å². The fraction of sp³-hybridized carbons (Fsp3) is 0.263. The molecular formula is C19H21NO. The van der Waals surface area contributed by atoms with E-state index in [0.29, 0.717) is 0 Å². The molecule has 1 aliphatic rings. The van der Waals surface area contributed by atoms with Gasteiger partial charge in [-0.2, -0.15) is 0 Å². The monoisotopic (exact) mass is 279 g/mol. The zero-order valence-electron chi connectivity index (χ0n) is 12.7. The van der Waals surface area contributed by atoms with Gasteiger partial charge in [0.05, 0.1) is 0 Å². The molecule has 0 fully saturated rings. The number of hydrogen-bond donors (Lipinski definition) is 0. The maximum atomic E-state index is 6.10. The minimum atomic E-state index is 0.938. The van der Waals surface area contributed by atoms with E-state index in [1.165, 1.54) is 11.1 Å². The van der Waals surface area contributed by atoms with Crippen LogP contribution in [-0.2, 0) is 0 Å². The molecule has 0 amide bonds. The molecule has 0 aliphatic carbocycles. The third-order valence-electron chi connectivity index (χ3n) is 3.75. The number of fused-ring (bicyclic) bond motifs is 2. The van der Waals surface area contributed by atoms with Crippen LogP contribution < -0.4 is 4.74 Å². The number of nitrogens with zero attached hydrogens (tertiary/aromatic N) is 1. The molecule has 21 heavy (non-hydrogen) atoms. The quantitative estimate of drug-likeness (QED) is 0.806. The number of ether oxygens (including phenoxy) is 1. The van der Waals surface area contributed by atoms with Gasteiger partial charge in [0.25, 0.3) is 0 Å². The molecule has 1 heterocycles. The van der Waals surface area contributed by atoms with Gasteiger partial charge in [-0.1, -0.05) is 36.4 Å². The van der Waals surface area contributed by atoms with E-state index >= 15 is 0 Å². The maximum absolute atomic E-state index is 6.10. The van der Waals surface area contributed by atoms with Crippen LogP contribution in [0.5, 0.6) is 11.5 Å². The smallest absolute Gasteiger partial charge is 0.134 e.